The van der Waals surface area contributed by atoms with Crippen LogP contribution in [0, 0.1) is 13.8 Å². The third kappa shape index (κ3) is 6.82. The van der Waals surface area contributed by atoms with E-state index in [1.54, 1.807) is 0 Å². The molecule has 0 radical (unpaired) electrons. The van der Waals surface area contributed by atoms with Crippen molar-refractivity contribution in [1.82, 2.24) is 20.0 Å². The topological polar surface area (TPSA) is 88.5 Å². The van der Waals surface area contributed by atoms with Gasteiger partial charge in [0.25, 0.3) is 0 Å². The number of nitrogens with one attached hydrogen (secondary N) is 2. The molecule has 8 heteroatoms. The molecule has 2 amide bonds. The van der Waals surface area contributed by atoms with E-state index in [0.717, 1.165) is 48.6 Å². The van der Waals surface area contributed by atoms with Crippen molar-refractivity contribution >= 4 is 17.7 Å². The van der Waals surface area contributed by atoms with Gasteiger partial charge in [-0.2, -0.15) is 5.10 Å². The number of carbonyl (C=O) groups excluding carboxylic acids is 2. The predicted octanol–water partition coefficient (Wildman–Crippen LogP) is 4.59. The van der Waals surface area contributed by atoms with Crippen LogP contribution in [0.25, 0.3) is 5.69 Å². The second kappa shape index (κ2) is 11.0. The number of aromatic nitrogens is 2. The summed E-state index contributed by atoms with van der Waals surface area (Å²) in [5.74, 6) is -0.0316. The minimum Gasteiger partial charge on any atom is -0.444 e. The highest BCUT2D eigenvalue weighted by atomic mass is 16.6. The Bertz CT molecular complexity index is 980. The fourth-order valence-corrected chi connectivity index (χ4v) is 4.54. The normalized spacial score (nSPS) is 17.8. The van der Waals surface area contributed by atoms with Gasteiger partial charge < -0.3 is 15.4 Å². The van der Waals surface area contributed by atoms with E-state index in [0.29, 0.717) is 13.0 Å². The monoisotopic (exact) mass is 469 g/mol. The van der Waals surface area contributed by atoms with Crippen molar-refractivity contribution in [2.24, 2.45) is 0 Å². The fraction of sp³-hybridized carbons (Fsp3) is 0.577. The van der Waals surface area contributed by atoms with Gasteiger partial charge in [0.2, 0.25) is 5.91 Å². The highest BCUT2D eigenvalue weighted by Crippen LogP contribution is 2.24. The molecule has 1 fully saturated rings. The molecule has 1 aliphatic heterocycles. The molecule has 2 heterocycles. The number of nitrogens with zero attached hydrogens (tertiary/aromatic N) is 3. The summed E-state index contributed by atoms with van der Waals surface area (Å²) in [5.41, 5.74) is 2.90. The van der Waals surface area contributed by atoms with Gasteiger partial charge in [-0.3, -0.25) is 9.69 Å². The summed E-state index contributed by atoms with van der Waals surface area (Å²) in [6, 6.07) is 10.0. The number of benzene rings is 1. The molecule has 1 saturated heterocycles. The van der Waals surface area contributed by atoms with E-state index in [9.17, 15) is 9.59 Å². The number of aryl methyl sites for hydroxylation is 1. The van der Waals surface area contributed by atoms with Gasteiger partial charge in [-0.15, -0.1) is 0 Å². The van der Waals surface area contributed by atoms with Gasteiger partial charge >= 0.3 is 6.09 Å². The Morgan fingerprint density at radius 3 is 2.56 bits per heavy atom. The lowest BCUT2D eigenvalue weighted by Gasteiger charge is -2.39. The van der Waals surface area contributed by atoms with Gasteiger partial charge in [-0.1, -0.05) is 24.6 Å². The molecular formula is C26H39N5O3. The van der Waals surface area contributed by atoms with Crippen LogP contribution in [0.4, 0.5) is 10.5 Å². The van der Waals surface area contributed by atoms with E-state index in [1.165, 1.54) is 0 Å². The summed E-state index contributed by atoms with van der Waals surface area (Å²) in [5, 5.41) is 10.7. The summed E-state index contributed by atoms with van der Waals surface area (Å²) in [6.07, 6.45) is 3.18. The predicted molar refractivity (Wildman–Crippen MR) is 134 cm³/mol. The summed E-state index contributed by atoms with van der Waals surface area (Å²) in [4.78, 5) is 27.4. The Hall–Kier alpha value is -2.87. The van der Waals surface area contributed by atoms with Crippen molar-refractivity contribution in [2.75, 3.05) is 18.4 Å². The van der Waals surface area contributed by atoms with Crippen LogP contribution in [0.1, 0.15) is 64.8 Å². The minimum absolute atomic E-state index is 0.0316. The van der Waals surface area contributed by atoms with E-state index in [2.05, 4.69) is 20.6 Å². The molecule has 186 valence electrons. The molecule has 1 aromatic heterocycles. The fourth-order valence-electron chi connectivity index (χ4n) is 4.54. The van der Waals surface area contributed by atoms with Gasteiger partial charge in [0.05, 0.1) is 22.8 Å². The van der Waals surface area contributed by atoms with E-state index in [4.69, 9.17) is 4.74 Å². The molecule has 2 aromatic rings. The lowest BCUT2D eigenvalue weighted by Crippen LogP contribution is -2.53. The Labute approximate surface area is 203 Å². The average Bonchev–Trinajstić information content (AvgIpc) is 3.05. The molecule has 0 saturated carbocycles. The Morgan fingerprint density at radius 1 is 1.18 bits per heavy atom. The molecule has 1 aliphatic rings. The standard InChI is InChI=1S/C26H39N5O3/c1-18(27-25(33)34-26(4,5)6)22-14-10-11-16-30(22)17-15-23(32)28-24-19(2)29-31(20(24)3)21-12-8-7-9-13-21/h7-9,12-13,18,22H,10-11,14-17H2,1-6H3,(H,27,33)(H,28,32). The number of piperidine rings is 1. The van der Waals surface area contributed by atoms with E-state index in [-0.39, 0.29) is 18.0 Å². The molecule has 0 bridgehead atoms. The third-order valence-electron chi connectivity index (χ3n) is 6.17. The number of hydrogen-bond donors (Lipinski definition) is 2. The van der Waals surface area contributed by atoms with Crippen molar-refractivity contribution in [2.45, 2.75) is 84.9 Å². The van der Waals surface area contributed by atoms with Crippen molar-refractivity contribution in [3.8, 4) is 5.69 Å². The molecular weight excluding hydrogens is 430 g/mol. The number of hydrogen-bond acceptors (Lipinski definition) is 5. The number of rotatable bonds is 7. The van der Waals surface area contributed by atoms with Crippen molar-refractivity contribution < 1.29 is 14.3 Å². The van der Waals surface area contributed by atoms with Gasteiger partial charge in [-0.05, 0) is 73.1 Å². The summed E-state index contributed by atoms with van der Waals surface area (Å²) in [7, 11) is 0. The Balaban J connectivity index is 1.58. The van der Waals surface area contributed by atoms with Crippen molar-refractivity contribution in [3.63, 3.8) is 0 Å². The van der Waals surface area contributed by atoms with Gasteiger partial charge in [0, 0.05) is 25.0 Å². The second-order valence-corrected chi connectivity index (χ2v) is 10.1. The first-order valence-corrected chi connectivity index (χ1v) is 12.2. The van der Waals surface area contributed by atoms with Crippen LogP contribution in [0.15, 0.2) is 30.3 Å². The van der Waals surface area contributed by atoms with Crippen LogP contribution in [0.2, 0.25) is 0 Å². The molecule has 34 heavy (non-hydrogen) atoms. The zero-order valence-corrected chi connectivity index (χ0v) is 21.4. The maximum absolute atomic E-state index is 12.9. The summed E-state index contributed by atoms with van der Waals surface area (Å²) in [6.45, 7) is 13.0. The molecule has 0 spiro atoms. The molecule has 1 aromatic carbocycles. The van der Waals surface area contributed by atoms with E-state index in [1.807, 2.05) is 76.6 Å². The van der Waals surface area contributed by atoms with Crippen LogP contribution < -0.4 is 10.6 Å². The number of amides is 2. The first kappa shape index (κ1) is 25.7. The zero-order valence-electron chi connectivity index (χ0n) is 21.4. The van der Waals surface area contributed by atoms with Crippen molar-refractivity contribution in [1.29, 1.82) is 0 Å². The maximum Gasteiger partial charge on any atom is 0.407 e. The number of para-hydroxylation sites is 1. The molecule has 0 aliphatic carbocycles. The van der Waals surface area contributed by atoms with Gasteiger partial charge in [-0.25, -0.2) is 9.48 Å². The van der Waals surface area contributed by atoms with Crippen LogP contribution in [-0.2, 0) is 9.53 Å². The molecule has 8 nitrogen and oxygen atoms in total. The lowest BCUT2D eigenvalue weighted by molar-refractivity contribution is -0.116. The highest BCUT2D eigenvalue weighted by molar-refractivity contribution is 5.92. The Morgan fingerprint density at radius 2 is 1.88 bits per heavy atom. The first-order chi connectivity index (χ1) is 16.0. The zero-order chi connectivity index (χ0) is 24.9. The smallest absolute Gasteiger partial charge is 0.407 e. The van der Waals surface area contributed by atoms with Crippen LogP contribution >= 0.6 is 0 Å². The van der Waals surface area contributed by atoms with Gasteiger partial charge in [0.1, 0.15) is 5.60 Å². The largest absolute Gasteiger partial charge is 0.444 e. The minimum atomic E-state index is -0.529. The lowest BCUT2D eigenvalue weighted by atomic mass is 9.96. The summed E-state index contributed by atoms with van der Waals surface area (Å²) < 4.78 is 7.27. The van der Waals surface area contributed by atoms with Crippen LogP contribution in [0.5, 0.6) is 0 Å². The average molecular weight is 470 g/mol. The number of anilines is 1. The molecule has 2 atom stereocenters. The van der Waals surface area contributed by atoms with Crippen LogP contribution in [-0.4, -0.2) is 57.5 Å². The SMILES string of the molecule is Cc1nn(-c2ccccc2)c(C)c1NC(=O)CCN1CCCCC1C(C)NC(=O)OC(C)(C)C. The third-order valence-corrected chi connectivity index (χ3v) is 6.17. The van der Waals surface area contributed by atoms with E-state index >= 15 is 0 Å². The highest BCUT2D eigenvalue weighted by Gasteiger charge is 2.30. The van der Waals surface area contributed by atoms with Crippen molar-refractivity contribution in [3.05, 3.63) is 41.7 Å². The number of alkyl carbamates (subject to hydrolysis) is 1. The molecule has 2 unspecified atom stereocenters. The number of likely N-dealkylation sites (tertiary alicyclic amines) is 1. The number of carbonyl (C=O) groups is 2. The molecule has 2 N–H and O–H groups in total. The number of ether oxygens (including phenoxy) is 1. The molecule has 3 rings (SSSR count). The van der Waals surface area contributed by atoms with E-state index < -0.39 is 11.7 Å². The summed E-state index contributed by atoms with van der Waals surface area (Å²) >= 11 is 0. The Kier molecular flexibility index (Phi) is 8.36. The first-order valence-electron chi connectivity index (χ1n) is 12.2. The maximum atomic E-state index is 12.9. The quantitative estimate of drug-likeness (QED) is 0.619. The van der Waals surface area contributed by atoms with Crippen LogP contribution in [0.3, 0.4) is 0 Å². The van der Waals surface area contributed by atoms with Gasteiger partial charge in [0.15, 0.2) is 0 Å². The second-order valence-electron chi connectivity index (χ2n) is 10.1.